The van der Waals surface area contributed by atoms with Crippen molar-refractivity contribution < 1.29 is 14.3 Å². The van der Waals surface area contributed by atoms with Gasteiger partial charge in [0.1, 0.15) is 11.8 Å². The van der Waals surface area contributed by atoms with Crippen molar-refractivity contribution in [1.29, 1.82) is 0 Å². The molecule has 0 saturated carbocycles. The van der Waals surface area contributed by atoms with Crippen molar-refractivity contribution in [2.45, 2.75) is 65.1 Å². The van der Waals surface area contributed by atoms with E-state index in [2.05, 4.69) is 5.32 Å². The van der Waals surface area contributed by atoms with Gasteiger partial charge in [0, 0.05) is 40.5 Å². The van der Waals surface area contributed by atoms with Crippen molar-refractivity contribution >= 4 is 35.0 Å². The normalized spacial score (nSPS) is 12.1. The summed E-state index contributed by atoms with van der Waals surface area (Å²) in [5.41, 5.74) is 2.25. The van der Waals surface area contributed by atoms with Gasteiger partial charge in [-0.3, -0.25) is 9.59 Å². The second-order valence-corrected chi connectivity index (χ2v) is 11.2. The molecule has 3 aromatic carbocycles. The SMILES string of the molecule is Cc1ccc(OCCCC(=O)N(Cc2c(Cl)cccc2Cl)[C@H](Cc2ccccc2)C(=O)NC(C)(C)C)cc1. The molecule has 0 unspecified atom stereocenters. The number of rotatable bonds is 11. The first-order chi connectivity index (χ1) is 18.0. The Morgan fingerprint density at radius 1 is 0.921 bits per heavy atom. The molecule has 0 radical (unpaired) electrons. The van der Waals surface area contributed by atoms with Gasteiger partial charge in [0.15, 0.2) is 0 Å². The second kappa shape index (κ2) is 13.7. The number of aryl methyl sites for hydroxylation is 1. The van der Waals surface area contributed by atoms with Crippen molar-refractivity contribution in [3.05, 3.63) is 99.5 Å². The van der Waals surface area contributed by atoms with Gasteiger partial charge in [-0.1, -0.05) is 77.3 Å². The lowest BCUT2D eigenvalue weighted by atomic mass is 10.00. The van der Waals surface area contributed by atoms with E-state index in [1.54, 1.807) is 23.1 Å². The van der Waals surface area contributed by atoms with Crippen molar-refractivity contribution in [2.24, 2.45) is 0 Å². The molecule has 0 fully saturated rings. The van der Waals surface area contributed by atoms with Crippen LogP contribution in [0.5, 0.6) is 5.75 Å². The number of amides is 2. The molecule has 0 saturated heterocycles. The van der Waals surface area contributed by atoms with Crippen LogP contribution in [0.2, 0.25) is 10.0 Å². The van der Waals surface area contributed by atoms with Crippen LogP contribution in [0.4, 0.5) is 0 Å². The van der Waals surface area contributed by atoms with Crippen LogP contribution >= 0.6 is 23.2 Å². The number of nitrogens with one attached hydrogen (secondary N) is 1. The maximum Gasteiger partial charge on any atom is 0.243 e. The Bertz CT molecular complexity index is 1190. The van der Waals surface area contributed by atoms with Crippen LogP contribution in [0.25, 0.3) is 0 Å². The van der Waals surface area contributed by atoms with Crippen LogP contribution in [0, 0.1) is 6.92 Å². The van der Waals surface area contributed by atoms with Gasteiger partial charge >= 0.3 is 0 Å². The lowest BCUT2D eigenvalue weighted by Gasteiger charge is -2.34. The highest BCUT2D eigenvalue weighted by Gasteiger charge is 2.32. The zero-order valence-electron chi connectivity index (χ0n) is 22.5. The van der Waals surface area contributed by atoms with Gasteiger partial charge in [0.2, 0.25) is 11.8 Å². The number of carbonyl (C=O) groups is 2. The molecule has 5 nitrogen and oxygen atoms in total. The van der Waals surface area contributed by atoms with Crippen LogP contribution in [-0.2, 0) is 22.6 Å². The molecule has 1 atom stereocenters. The molecule has 1 N–H and O–H groups in total. The standard InChI is InChI=1S/C31H36Cl2N2O3/c1-22-15-17-24(18-16-22)38-19-9-14-29(36)35(21-25-26(32)12-8-13-27(25)33)28(30(37)34-31(2,3)4)20-23-10-6-5-7-11-23/h5-8,10-13,15-18,28H,9,14,19-21H2,1-4H3,(H,34,37)/t28-/m1/s1. The summed E-state index contributed by atoms with van der Waals surface area (Å²) < 4.78 is 5.82. The maximum absolute atomic E-state index is 13.7. The van der Waals surface area contributed by atoms with E-state index in [0.717, 1.165) is 16.9 Å². The number of carbonyl (C=O) groups excluding carboxylic acids is 2. The number of halogens is 2. The molecule has 3 aromatic rings. The molecule has 0 bridgehead atoms. The highest BCUT2D eigenvalue weighted by atomic mass is 35.5. The maximum atomic E-state index is 13.7. The topological polar surface area (TPSA) is 58.6 Å². The third kappa shape index (κ3) is 9.07. The average Bonchev–Trinajstić information content (AvgIpc) is 2.86. The Labute approximate surface area is 236 Å². The fourth-order valence-corrected chi connectivity index (χ4v) is 4.57. The molecule has 0 spiro atoms. The molecule has 0 aliphatic carbocycles. The highest BCUT2D eigenvalue weighted by molar-refractivity contribution is 6.36. The summed E-state index contributed by atoms with van der Waals surface area (Å²) in [5, 5.41) is 3.96. The van der Waals surface area contributed by atoms with Crippen LogP contribution in [0.15, 0.2) is 72.8 Å². The Morgan fingerprint density at radius 3 is 2.16 bits per heavy atom. The zero-order valence-corrected chi connectivity index (χ0v) is 24.0. The van der Waals surface area contributed by atoms with Gasteiger partial charge in [0.05, 0.1) is 6.61 Å². The molecule has 7 heteroatoms. The van der Waals surface area contributed by atoms with E-state index in [-0.39, 0.29) is 24.8 Å². The molecule has 3 rings (SSSR count). The minimum Gasteiger partial charge on any atom is -0.494 e. The molecule has 2 amide bonds. The lowest BCUT2D eigenvalue weighted by molar-refractivity contribution is -0.142. The van der Waals surface area contributed by atoms with Crippen molar-refractivity contribution in [3.8, 4) is 5.75 Å². The van der Waals surface area contributed by atoms with Gasteiger partial charge in [-0.2, -0.15) is 0 Å². The second-order valence-electron chi connectivity index (χ2n) is 10.4. The molecule has 0 aliphatic rings. The summed E-state index contributed by atoms with van der Waals surface area (Å²) in [6, 6.07) is 22.0. The predicted octanol–water partition coefficient (Wildman–Crippen LogP) is 7.02. The van der Waals surface area contributed by atoms with Crippen molar-refractivity contribution in [3.63, 3.8) is 0 Å². The summed E-state index contributed by atoms with van der Waals surface area (Å²) in [6.45, 7) is 8.28. The van der Waals surface area contributed by atoms with Crippen molar-refractivity contribution in [2.75, 3.05) is 6.61 Å². The van der Waals surface area contributed by atoms with E-state index in [1.165, 1.54) is 0 Å². The quantitative estimate of drug-likeness (QED) is 0.259. The average molecular weight is 556 g/mol. The first-order valence-electron chi connectivity index (χ1n) is 12.8. The zero-order chi connectivity index (χ0) is 27.7. The van der Waals surface area contributed by atoms with E-state index in [1.807, 2.05) is 82.3 Å². The number of hydrogen-bond acceptors (Lipinski definition) is 3. The summed E-state index contributed by atoms with van der Waals surface area (Å²) in [5.74, 6) is 0.363. The molecule has 0 heterocycles. The Kier molecular flexibility index (Phi) is 10.6. The third-order valence-electron chi connectivity index (χ3n) is 5.98. The van der Waals surface area contributed by atoms with Crippen LogP contribution in [-0.4, -0.2) is 34.9 Å². The van der Waals surface area contributed by atoms with E-state index in [4.69, 9.17) is 27.9 Å². The summed E-state index contributed by atoms with van der Waals surface area (Å²) in [6.07, 6.45) is 1.07. The van der Waals surface area contributed by atoms with E-state index < -0.39 is 11.6 Å². The van der Waals surface area contributed by atoms with Gasteiger partial charge < -0.3 is 15.0 Å². The lowest BCUT2D eigenvalue weighted by Crippen LogP contribution is -2.54. The first kappa shape index (κ1) is 29.5. The fraction of sp³-hybridized carbons (Fsp3) is 0.355. The van der Waals surface area contributed by atoms with E-state index >= 15 is 0 Å². The number of benzene rings is 3. The molecule has 0 aliphatic heterocycles. The fourth-order valence-electron chi connectivity index (χ4n) is 4.05. The monoisotopic (exact) mass is 554 g/mol. The van der Waals surface area contributed by atoms with Crippen LogP contribution in [0.3, 0.4) is 0 Å². The van der Waals surface area contributed by atoms with Crippen LogP contribution < -0.4 is 10.1 Å². The van der Waals surface area contributed by atoms with Gasteiger partial charge in [-0.05, 0) is 63.9 Å². The van der Waals surface area contributed by atoms with Gasteiger partial charge in [0.25, 0.3) is 0 Å². The van der Waals surface area contributed by atoms with E-state index in [0.29, 0.717) is 35.1 Å². The largest absolute Gasteiger partial charge is 0.494 e. The smallest absolute Gasteiger partial charge is 0.243 e. The minimum atomic E-state index is -0.755. The summed E-state index contributed by atoms with van der Waals surface area (Å²) in [4.78, 5) is 29.0. The Hall–Kier alpha value is -3.02. The Balaban J connectivity index is 1.85. The molecule has 0 aromatic heterocycles. The number of nitrogens with zero attached hydrogens (tertiary/aromatic N) is 1. The molecular formula is C31H36Cl2N2O3. The third-order valence-corrected chi connectivity index (χ3v) is 6.69. The van der Waals surface area contributed by atoms with E-state index in [9.17, 15) is 9.59 Å². The molecule has 38 heavy (non-hydrogen) atoms. The summed E-state index contributed by atoms with van der Waals surface area (Å²) in [7, 11) is 0. The molecule has 202 valence electrons. The van der Waals surface area contributed by atoms with Crippen molar-refractivity contribution in [1.82, 2.24) is 10.2 Å². The molecular weight excluding hydrogens is 519 g/mol. The van der Waals surface area contributed by atoms with Gasteiger partial charge in [-0.25, -0.2) is 0 Å². The highest BCUT2D eigenvalue weighted by Crippen LogP contribution is 2.28. The first-order valence-corrected chi connectivity index (χ1v) is 13.6. The Morgan fingerprint density at radius 2 is 1.55 bits per heavy atom. The predicted molar refractivity (Wildman–Crippen MR) is 155 cm³/mol. The van der Waals surface area contributed by atoms with Gasteiger partial charge in [-0.15, -0.1) is 0 Å². The van der Waals surface area contributed by atoms with Crippen LogP contribution in [0.1, 0.15) is 50.3 Å². The minimum absolute atomic E-state index is 0.116. The number of hydrogen-bond donors (Lipinski definition) is 1. The number of ether oxygens (including phenoxy) is 1. The summed E-state index contributed by atoms with van der Waals surface area (Å²) >= 11 is 13.0.